The van der Waals surface area contributed by atoms with E-state index in [0.717, 1.165) is 35.4 Å². The molecule has 0 bridgehead atoms. The first-order valence-electron chi connectivity index (χ1n) is 14.4. The third-order valence-corrected chi connectivity index (χ3v) is 61.1. The number of rotatable bonds is 7. The van der Waals surface area contributed by atoms with Crippen LogP contribution in [0.5, 0.6) is 0 Å². The van der Waals surface area contributed by atoms with E-state index in [-0.39, 0.29) is 7.25 Å². The van der Waals surface area contributed by atoms with Gasteiger partial charge in [0, 0.05) is 0 Å². The van der Waals surface area contributed by atoms with Crippen molar-refractivity contribution in [1.82, 2.24) is 9.97 Å². The van der Waals surface area contributed by atoms with Crippen LogP contribution in [0.25, 0.3) is 34.7 Å². The van der Waals surface area contributed by atoms with E-state index in [1.807, 2.05) is 24.5 Å². The van der Waals surface area contributed by atoms with E-state index in [0.29, 0.717) is 0 Å². The number of hydrogen-bond donors (Lipinski definition) is 0. The van der Waals surface area contributed by atoms with Gasteiger partial charge in [-0.3, -0.25) is 0 Å². The van der Waals surface area contributed by atoms with Gasteiger partial charge < -0.3 is 0 Å². The van der Waals surface area contributed by atoms with Gasteiger partial charge in [-0.25, -0.2) is 0 Å². The van der Waals surface area contributed by atoms with Crippen LogP contribution in [-0.2, 0) is 15.6 Å². The van der Waals surface area contributed by atoms with Gasteiger partial charge in [0.2, 0.25) is 0 Å². The molecule has 0 aliphatic heterocycles. The second kappa shape index (κ2) is 10.6. The number of pyridine rings is 2. The second-order valence-electron chi connectivity index (χ2n) is 11.4. The van der Waals surface area contributed by atoms with Crippen LogP contribution in [0.4, 0.5) is 0 Å². The molecule has 2 aliphatic rings. The maximum absolute atomic E-state index is 8.47. The Hall–Kier alpha value is -2.10. The van der Waals surface area contributed by atoms with E-state index in [1.54, 1.807) is 0 Å². The van der Waals surface area contributed by atoms with E-state index < -0.39 is 21.5 Å². The molecule has 2 nitrogen and oxygen atoms in total. The van der Waals surface area contributed by atoms with Gasteiger partial charge in [-0.2, -0.15) is 0 Å². The number of halogens is 2. The molecule has 2 aromatic carbocycles. The number of hydrogen-bond acceptors (Lipinski definition) is 2. The van der Waals surface area contributed by atoms with Gasteiger partial charge in [0.05, 0.1) is 0 Å². The van der Waals surface area contributed by atoms with Crippen molar-refractivity contribution < 1.29 is 15.6 Å². The Bertz CT molecular complexity index is 1530. The van der Waals surface area contributed by atoms with Gasteiger partial charge in [0.1, 0.15) is 0 Å². The van der Waals surface area contributed by atoms with Crippen molar-refractivity contribution in [2.45, 2.75) is 47.0 Å². The summed E-state index contributed by atoms with van der Waals surface area (Å²) >= 11 is -4.74. The fourth-order valence-corrected chi connectivity index (χ4v) is 39.0. The molecule has 0 amide bonds. The molecular weight excluding hydrogens is 627 g/mol. The average Bonchev–Trinajstić information content (AvgIpc) is 3.57. The van der Waals surface area contributed by atoms with Crippen molar-refractivity contribution in [2.75, 3.05) is 0 Å². The average molecular weight is 662 g/mol. The molecule has 6 heteroatoms. The molecule has 0 saturated heterocycles. The molecule has 2 heterocycles. The van der Waals surface area contributed by atoms with Crippen molar-refractivity contribution >= 4 is 35.1 Å². The predicted octanol–water partition coefficient (Wildman–Crippen LogP) is 10.2. The van der Waals surface area contributed by atoms with Gasteiger partial charge >= 0.3 is 249 Å². The first-order chi connectivity index (χ1) is 19.3. The number of benzene rings is 2. The van der Waals surface area contributed by atoms with E-state index >= 15 is 0 Å². The zero-order valence-corrected chi connectivity index (χ0v) is 28.7. The molecule has 0 saturated carbocycles. The van der Waals surface area contributed by atoms with Crippen molar-refractivity contribution in [1.29, 1.82) is 0 Å². The normalized spacial score (nSPS) is 19.0. The first kappa shape index (κ1) is 28.0. The summed E-state index contributed by atoms with van der Waals surface area (Å²) in [5, 5.41) is 0. The third kappa shape index (κ3) is 4.21. The molecule has 2 unspecified atom stereocenters. The van der Waals surface area contributed by atoms with Crippen LogP contribution in [0.3, 0.4) is 0 Å². The third-order valence-electron chi connectivity index (χ3n) is 9.21. The molecular formula is C34H35Cl2N2SiZr. The molecule has 2 atom stereocenters. The quantitative estimate of drug-likeness (QED) is 0.184. The van der Waals surface area contributed by atoms with Gasteiger partial charge in [-0.15, -0.1) is 0 Å². The van der Waals surface area contributed by atoms with E-state index in [9.17, 15) is 0 Å². The summed E-state index contributed by atoms with van der Waals surface area (Å²) in [5.74, 6) is -1.60. The molecule has 2 aromatic heterocycles. The minimum absolute atomic E-state index is 0.0875. The molecule has 4 aromatic rings. The number of allylic oxidation sites excluding steroid dienone is 2. The molecule has 0 N–H and O–H groups in total. The van der Waals surface area contributed by atoms with Crippen molar-refractivity contribution in [3.8, 4) is 22.5 Å². The summed E-state index contributed by atoms with van der Waals surface area (Å²) in [5.41, 5.74) is 12.2. The van der Waals surface area contributed by atoms with Crippen molar-refractivity contribution in [3.63, 3.8) is 0 Å². The Kier molecular flexibility index (Phi) is 7.45. The fourth-order valence-electron chi connectivity index (χ4n) is 7.17. The van der Waals surface area contributed by atoms with E-state index in [2.05, 4.69) is 99.8 Å². The van der Waals surface area contributed by atoms with Gasteiger partial charge in [-0.1, -0.05) is 0 Å². The fraction of sp³-hybridized carbons (Fsp3) is 0.235. The molecule has 2 aliphatic carbocycles. The second-order valence-corrected chi connectivity index (χ2v) is 53.9. The van der Waals surface area contributed by atoms with Crippen LogP contribution in [-0.4, -0.2) is 15.9 Å². The SMILES string of the molecule is CCC1=Cc2c(-c3ccccn3)cccc2[CH]1[Zr]([Cl])([Cl])([CH]1C(CC)=Cc2c(-c3ccccn3)cccc21)[SiH](C)C. The Balaban J connectivity index is 1.59. The predicted molar refractivity (Wildman–Crippen MR) is 172 cm³/mol. The number of aromatic nitrogens is 2. The van der Waals surface area contributed by atoms with Crippen LogP contribution in [0.2, 0.25) is 13.1 Å². The Morgan fingerprint density at radius 1 is 0.650 bits per heavy atom. The van der Waals surface area contributed by atoms with Gasteiger partial charge in [0.15, 0.2) is 0 Å². The monoisotopic (exact) mass is 659 g/mol. The summed E-state index contributed by atoms with van der Waals surface area (Å²) in [6, 6.07) is 25.5. The molecule has 0 spiro atoms. The van der Waals surface area contributed by atoms with Gasteiger partial charge in [0.25, 0.3) is 0 Å². The number of fused-ring (bicyclic) bond motifs is 2. The first-order valence-corrected chi connectivity index (χ1v) is 30.7. The summed E-state index contributed by atoms with van der Waals surface area (Å²) in [7, 11) is 16.9. The van der Waals surface area contributed by atoms with Crippen LogP contribution >= 0.6 is 17.0 Å². The molecule has 0 fully saturated rings. The topological polar surface area (TPSA) is 25.8 Å². The molecule has 6 rings (SSSR count). The van der Waals surface area contributed by atoms with Crippen LogP contribution in [0.15, 0.2) is 96.3 Å². The summed E-state index contributed by atoms with van der Waals surface area (Å²) < 4.78 is 0.175. The molecule has 203 valence electrons. The van der Waals surface area contributed by atoms with E-state index in [1.165, 1.54) is 33.4 Å². The molecule has 0 radical (unpaired) electrons. The van der Waals surface area contributed by atoms with Crippen LogP contribution < -0.4 is 0 Å². The van der Waals surface area contributed by atoms with Gasteiger partial charge in [-0.05, 0) is 0 Å². The van der Waals surface area contributed by atoms with Crippen LogP contribution in [0.1, 0.15) is 56.2 Å². The van der Waals surface area contributed by atoms with Crippen molar-refractivity contribution in [2.24, 2.45) is 0 Å². The molecule has 40 heavy (non-hydrogen) atoms. The summed E-state index contributed by atoms with van der Waals surface area (Å²) in [4.78, 5) is 9.41. The Morgan fingerprint density at radius 2 is 1.10 bits per heavy atom. The minimum atomic E-state index is -4.74. The Labute approximate surface area is 247 Å². The zero-order chi connectivity index (χ0) is 28.1. The maximum atomic E-state index is 8.47. The van der Waals surface area contributed by atoms with E-state index in [4.69, 9.17) is 27.0 Å². The summed E-state index contributed by atoms with van der Waals surface area (Å²) in [6.45, 7) is 9.34. The van der Waals surface area contributed by atoms with Crippen molar-refractivity contribution in [3.05, 3.63) is 119 Å². The zero-order valence-electron chi connectivity index (χ0n) is 23.5. The van der Waals surface area contributed by atoms with Crippen LogP contribution in [0, 0.1) is 0 Å². The summed E-state index contributed by atoms with van der Waals surface area (Å²) in [6.07, 6.45) is 10.4. The standard InChI is InChI=1S/2C16H14N.C2H7Si.2ClH.Zr/c2*1-2-12-10-13-6-5-7-14(15(13)11-12)16-8-3-4-9-17-16;1-3-2;;;/h2*3-11H,2H2,1H3;3H,1-2H3;2*1H;/q;;;;;+2/p-2. The number of nitrogens with zero attached hydrogens (tertiary/aromatic N) is 2. The Morgan fingerprint density at radius 3 is 1.45 bits per heavy atom.